The highest BCUT2D eigenvalue weighted by molar-refractivity contribution is 7.99. The van der Waals surface area contributed by atoms with E-state index in [1.807, 2.05) is 25.1 Å². The second-order valence-corrected chi connectivity index (χ2v) is 8.52. The van der Waals surface area contributed by atoms with Gasteiger partial charge in [0, 0.05) is 23.9 Å². The Balaban J connectivity index is 2.04. The molecule has 0 unspecified atom stereocenters. The number of hydrogen-bond donors (Lipinski definition) is 1. The van der Waals surface area contributed by atoms with Gasteiger partial charge in [0.15, 0.2) is 0 Å². The van der Waals surface area contributed by atoms with Gasteiger partial charge in [-0.05, 0) is 43.5 Å². The van der Waals surface area contributed by atoms with E-state index in [9.17, 15) is 9.59 Å². The van der Waals surface area contributed by atoms with Crippen molar-refractivity contribution < 1.29 is 9.59 Å². The van der Waals surface area contributed by atoms with E-state index in [4.69, 9.17) is 11.6 Å². The first-order valence-corrected chi connectivity index (χ1v) is 11.4. The number of benzene rings is 2. The zero-order valence-electron chi connectivity index (χ0n) is 17.3. The molecule has 6 heteroatoms. The monoisotopic (exact) mass is 432 g/mol. The lowest BCUT2D eigenvalue weighted by atomic mass is 10.1. The zero-order chi connectivity index (χ0) is 21.2. The summed E-state index contributed by atoms with van der Waals surface area (Å²) in [5, 5.41) is 3.54. The van der Waals surface area contributed by atoms with Crippen LogP contribution >= 0.6 is 23.4 Å². The van der Waals surface area contributed by atoms with Crippen LogP contribution in [-0.4, -0.2) is 35.1 Å². The summed E-state index contributed by atoms with van der Waals surface area (Å²) in [6, 6.07) is 15.1. The minimum atomic E-state index is -0.538. The largest absolute Gasteiger partial charge is 0.354 e. The molecular weight excluding hydrogens is 404 g/mol. The van der Waals surface area contributed by atoms with Gasteiger partial charge in [0.25, 0.3) is 0 Å². The molecule has 0 aliphatic carbocycles. The van der Waals surface area contributed by atoms with E-state index in [2.05, 4.69) is 30.4 Å². The molecule has 0 aromatic heterocycles. The van der Waals surface area contributed by atoms with Gasteiger partial charge in [0.1, 0.15) is 6.04 Å². The second kappa shape index (κ2) is 11.9. The molecule has 0 saturated heterocycles. The van der Waals surface area contributed by atoms with Crippen molar-refractivity contribution in [1.82, 2.24) is 10.2 Å². The Labute approximate surface area is 183 Å². The third-order valence-corrected chi connectivity index (χ3v) is 5.80. The van der Waals surface area contributed by atoms with Crippen LogP contribution in [0.3, 0.4) is 0 Å². The Bertz CT molecular complexity index is 811. The number of thioether (sulfide) groups is 1. The van der Waals surface area contributed by atoms with E-state index >= 15 is 0 Å². The topological polar surface area (TPSA) is 49.4 Å². The molecule has 2 aromatic rings. The molecule has 1 N–H and O–H groups in total. The minimum absolute atomic E-state index is 0.0447. The fourth-order valence-electron chi connectivity index (χ4n) is 2.91. The number of halogens is 1. The molecular formula is C23H29ClN2O2S. The quantitative estimate of drug-likeness (QED) is 0.585. The van der Waals surface area contributed by atoms with Crippen molar-refractivity contribution in [3.8, 4) is 0 Å². The van der Waals surface area contributed by atoms with Crippen LogP contribution in [0.4, 0.5) is 0 Å². The number of hydrogen-bond acceptors (Lipinski definition) is 3. The third-order valence-electron chi connectivity index (χ3n) is 4.56. The van der Waals surface area contributed by atoms with Crippen LogP contribution in [0.25, 0.3) is 0 Å². The first kappa shape index (κ1) is 23.3. The normalized spacial score (nSPS) is 11.7. The van der Waals surface area contributed by atoms with Gasteiger partial charge in [-0.3, -0.25) is 9.59 Å². The van der Waals surface area contributed by atoms with Gasteiger partial charge in [-0.1, -0.05) is 60.5 Å². The van der Waals surface area contributed by atoms with Crippen LogP contribution in [0.15, 0.2) is 48.5 Å². The SMILES string of the molecule is CCCNC(=O)[C@H](C)N(Cc1ccc(Cl)cc1)C(=O)CSCc1cccc(C)c1. The van der Waals surface area contributed by atoms with Gasteiger partial charge in [-0.15, -0.1) is 11.8 Å². The van der Waals surface area contributed by atoms with Crippen molar-refractivity contribution in [2.75, 3.05) is 12.3 Å². The molecule has 156 valence electrons. The number of carbonyl (C=O) groups is 2. The summed E-state index contributed by atoms with van der Waals surface area (Å²) in [6.07, 6.45) is 0.857. The molecule has 0 aliphatic rings. The van der Waals surface area contributed by atoms with Crippen molar-refractivity contribution in [3.63, 3.8) is 0 Å². The Kier molecular flexibility index (Phi) is 9.55. The number of nitrogens with zero attached hydrogens (tertiary/aromatic N) is 1. The predicted octanol–water partition coefficient (Wildman–Crippen LogP) is 4.83. The Morgan fingerprint density at radius 1 is 1.14 bits per heavy atom. The summed E-state index contributed by atoms with van der Waals surface area (Å²) in [4.78, 5) is 27.1. The third kappa shape index (κ3) is 7.75. The van der Waals surface area contributed by atoms with E-state index in [0.29, 0.717) is 23.9 Å². The molecule has 0 bridgehead atoms. The molecule has 29 heavy (non-hydrogen) atoms. The second-order valence-electron chi connectivity index (χ2n) is 7.10. The average molecular weight is 433 g/mol. The van der Waals surface area contributed by atoms with Gasteiger partial charge >= 0.3 is 0 Å². The Hall–Kier alpha value is -1.98. The van der Waals surface area contributed by atoms with Gasteiger partial charge in [-0.2, -0.15) is 0 Å². The lowest BCUT2D eigenvalue weighted by Crippen LogP contribution is -2.48. The van der Waals surface area contributed by atoms with Crippen LogP contribution in [0.1, 0.15) is 37.0 Å². The van der Waals surface area contributed by atoms with Crippen molar-refractivity contribution in [2.45, 2.75) is 45.5 Å². The zero-order valence-corrected chi connectivity index (χ0v) is 18.9. The number of nitrogens with one attached hydrogen (secondary N) is 1. The molecule has 4 nitrogen and oxygen atoms in total. The van der Waals surface area contributed by atoms with Crippen LogP contribution in [0.5, 0.6) is 0 Å². The summed E-state index contributed by atoms with van der Waals surface area (Å²) >= 11 is 7.54. The number of aryl methyl sites for hydroxylation is 1. The average Bonchev–Trinajstić information content (AvgIpc) is 2.71. The smallest absolute Gasteiger partial charge is 0.242 e. The molecule has 0 radical (unpaired) electrons. The first-order chi connectivity index (χ1) is 13.9. The van der Waals surface area contributed by atoms with Crippen molar-refractivity contribution >= 4 is 35.2 Å². The maximum atomic E-state index is 13.0. The first-order valence-electron chi connectivity index (χ1n) is 9.85. The van der Waals surface area contributed by atoms with Crippen molar-refractivity contribution in [1.29, 1.82) is 0 Å². The Morgan fingerprint density at radius 2 is 1.86 bits per heavy atom. The summed E-state index contributed by atoms with van der Waals surface area (Å²) < 4.78 is 0. The van der Waals surface area contributed by atoms with E-state index < -0.39 is 6.04 Å². The maximum absolute atomic E-state index is 13.0. The molecule has 2 rings (SSSR count). The fourth-order valence-corrected chi connectivity index (χ4v) is 3.89. The van der Waals surface area contributed by atoms with Crippen molar-refractivity contribution in [3.05, 3.63) is 70.2 Å². The molecule has 1 atom stereocenters. The number of rotatable bonds is 10. The summed E-state index contributed by atoms with van der Waals surface area (Å²) in [6.45, 7) is 6.83. The highest BCUT2D eigenvalue weighted by Crippen LogP contribution is 2.18. The molecule has 0 fully saturated rings. The molecule has 2 aromatic carbocycles. The number of carbonyl (C=O) groups excluding carboxylic acids is 2. The van der Waals surface area contributed by atoms with Gasteiger partial charge < -0.3 is 10.2 Å². The van der Waals surface area contributed by atoms with E-state index in [1.54, 1.807) is 35.7 Å². The molecule has 0 saturated carbocycles. The summed E-state index contributed by atoms with van der Waals surface area (Å²) in [5.41, 5.74) is 3.35. The summed E-state index contributed by atoms with van der Waals surface area (Å²) in [5.74, 6) is 0.917. The van der Waals surface area contributed by atoms with Gasteiger partial charge in [0.05, 0.1) is 5.75 Å². The van der Waals surface area contributed by atoms with Gasteiger partial charge in [0.2, 0.25) is 11.8 Å². The van der Waals surface area contributed by atoms with E-state index in [0.717, 1.165) is 17.7 Å². The minimum Gasteiger partial charge on any atom is -0.354 e. The highest BCUT2D eigenvalue weighted by Gasteiger charge is 2.25. The lowest BCUT2D eigenvalue weighted by Gasteiger charge is -2.28. The predicted molar refractivity (Wildman–Crippen MR) is 122 cm³/mol. The molecule has 2 amide bonds. The highest BCUT2D eigenvalue weighted by atomic mass is 35.5. The standard InChI is InChI=1S/C23H29ClN2O2S/c1-4-12-25-23(28)18(3)26(14-19-8-10-21(24)11-9-19)22(27)16-29-15-20-7-5-6-17(2)13-20/h5-11,13,18H,4,12,14-16H2,1-3H3,(H,25,28)/t18-/m0/s1. The maximum Gasteiger partial charge on any atom is 0.242 e. The van der Waals surface area contributed by atoms with Gasteiger partial charge in [-0.25, -0.2) is 0 Å². The van der Waals surface area contributed by atoms with E-state index in [1.165, 1.54) is 11.1 Å². The molecule has 0 heterocycles. The van der Waals surface area contributed by atoms with Crippen LogP contribution in [0, 0.1) is 6.92 Å². The number of amides is 2. The van der Waals surface area contributed by atoms with E-state index in [-0.39, 0.29) is 11.8 Å². The van der Waals surface area contributed by atoms with Crippen LogP contribution < -0.4 is 5.32 Å². The lowest BCUT2D eigenvalue weighted by molar-refractivity contribution is -0.138. The molecule has 0 aliphatic heterocycles. The van der Waals surface area contributed by atoms with Crippen LogP contribution in [-0.2, 0) is 21.9 Å². The van der Waals surface area contributed by atoms with Crippen molar-refractivity contribution in [2.24, 2.45) is 0 Å². The van der Waals surface area contributed by atoms with Crippen LogP contribution in [0.2, 0.25) is 5.02 Å². The summed E-state index contributed by atoms with van der Waals surface area (Å²) in [7, 11) is 0. The fraction of sp³-hybridized carbons (Fsp3) is 0.391. The Morgan fingerprint density at radius 3 is 2.52 bits per heavy atom. The molecule has 0 spiro atoms.